The average molecular weight is 341 g/mol. The Balaban J connectivity index is 1.99. The molecule has 1 aromatic rings. The highest BCUT2D eigenvalue weighted by molar-refractivity contribution is 6.32. The Hall–Kier alpha value is -1.46. The number of likely N-dealkylation sites (tertiary alicyclic amines) is 1. The highest BCUT2D eigenvalue weighted by Gasteiger charge is 2.26. The number of nitrogens with zero attached hydrogens (tertiary/aromatic N) is 1. The van der Waals surface area contributed by atoms with Gasteiger partial charge in [-0.15, -0.1) is 0 Å². The second kappa shape index (κ2) is 7.88. The first kappa shape index (κ1) is 17.9. The van der Waals surface area contributed by atoms with E-state index in [1.165, 1.54) is 0 Å². The van der Waals surface area contributed by atoms with Crippen LogP contribution < -0.4 is 14.8 Å². The highest BCUT2D eigenvalue weighted by atomic mass is 35.5. The van der Waals surface area contributed by atoms with Crippen molar-refractivity contribution in [3.8, 4) is 11.5 Å². The van der Waals surface area contributed by atoms with Crippen LogP contribution in [0.1, 0.15) is 25.8 Å². The fourth-order valence-electron chi connectivity index (χ4n) is 3.06. The van der Waals surface area contributed by atoms with E-state index >= 15 is 0 Å². The van der Waals surface area contributed by atoms with Gasteiger partial charge in [-0.3, -0.25) is 4.79 Å². The second-order valence-corrected chi connectivity index (χ2v) is 6.44. The van der Waals surface area contributed by atoms with Gasteiger partial charge in [0.1, 0.15) is 0 Å². The van der Waals surface area contributed by atoms with Crippen molar-refractivity contribution in [1.82, 2.24) is 10.2 Å². The van der Waals surface area contributed by atoms with Crippen LogP contribution >= 0.6 is 11.6 Å². The van der Waals surface area contributed by atoms with Crippen LogP contribution in [-0.4, -0.2) is 44.2 Å². The van der Waals surface area contributed by atoms with Crippen LogP contribution in [0.15, 0.2) is 12.1 Å². The number of rotatable bonds is 5. The molecule has 1 fully saturated rings. The predicted octanol–water partition coefficient (Wildman–Crippen LogP) is 2.70. The van der Waals surface area contributed by atoms with Crippen molar-refractivity contribution in [2.75, 3.05) is 27.3 Å². The van der Waals surface area contributed by atoms with Gasteiger partial charge in [0.05, 0.1) is 19.2 Å². The van der Waals surface area contributed by atoms with Crippen molar-refractivity contribution in [2.45, 2.75) is 32.9 Å². The van der Waals surface area contributed by atoms with Crippen molar-refractivity contribution in [3.05, 3.63) is 22.7 Å². The van der Waals surface area contributed by atoms with Crippen molar-refractivity contribution in [2.24, 2.45) is 5.92 Å². The van der Waals surface area contributed by atoms with Gasteiger partial charge < -0.3 is 19.7 Å². The molecular weight excluding hydrogens is 316 g/mol. The molecule has 0 bridgehead atoms. The minimum Gasteiger partial charge on any atom is -0.493 e. The molecular formula is C17H25ClN2O3. The molecule has 1 saturated heterocycles. The van der Waals surface area contributed by atoms with Crippen LogP contribution in [0.2, 0.25) is 5.02 Å². The molecule has 1 aliphatic heterocycles. The molecule has 1 N–H and O–H groups in total. The van der Waals surface area contributed by atoms with Crippen LogP contribution in [-0.2, 0) is 11.3 Å². The molecule has 0 aliphatic carbocycles. The van der Waals surface area contributed by atoms with Crippen LogP contribution in [0, 0.1) is 5.92 Å². The molecule has 1 aliphatic rings. The molecule has 1 amide bonds. The van der Waals surface area contributed by atoms with E-state index < -0.39 is 0 Å². The maximum absolute atomic E-state index is 11.5. The van der Waals surface area contributed by atoms with E-state index in [4.69, 9.17) is 21.1 Å². The molecule has 0 saturated carbocycles. The fourth-order valence-corrected chi connectivity index (χ4v) is 3.37. The predicted molar refractivity (Wildman–Crippen MR) is 91.2 cm³/mol. The Labute approximate surface area is 142 Å². The van der Waals surface area contributed by atoms with Crippen molar-refractivity contribution in [3.63, 3.8) is 0 Å². The molecule has 1 heterocycles. The van der Waals surface area contributed by atoms with E-state index in [0.717, 1.165) is 25.1 Å². The second-order valence-electron chi connectivity index (χ2n) is 6.03. The smallest absolute Gasteiger partial charge is 0.219 e. The van der Waals surface area contributed by atoms with Gasteiger partial charge in [-0.1, -0.05) is 18.5 Å². The highest BCUT2D eigenvalue weighted by Crippen LogP contribution is 2.36. The largest absolute Gasteiger partial charge is 0.493 e. The van der Waals surface area contributed by atoms with Crippen LogP contribution in [0.4, 0.5) is 0 Å². The number of ether oxygens (including phenoxy) is 2. The first-order valence-corrected chi connectivity index (χ1v) is 8.23. The Morgan fingerprint density at radius 1 is 1.39 bits per heavy atom. The van der Waals surface area contributed by atoms with E-state index in [2.05, 4.69) is 12.2 Å². The summed E-state index contributed by atoms with van der Waals surface area (Å²) in [5, 5.41) is 4.11. The molecule has 0 aromatic heterocycles. The number of hydrogen-bond acceptors (Lipinski definition) is 4. The zero-order chi connectivity index (χ0) is 17.0. The number of halogens is 1. The number of carbonyl (C=O) groups is 1. The van der Waals surface area contributed by atoms with Gasteiger partial charge in [-0.2, -0.15) is 0 Å². The summed E-state index contributed by atoms with van der Waals surface area (Å²) in [4.78, 5) is 13.4. The summed E-state index contributed by atoms with van der Waals surface area (Å²) in [7, 11) is 3.18. The van der Waals surface area contributed by atoms with Gasteiger partial charge in [0.15, 0.2) is 11.5 Å². The topological polar surface area (TPSA) is 50.8 Å². The Bertz CT molecular complexity index is 565. The summed E-state index contributed by atoms with van der Waals surface area (Å²) in [6, 6.07) is 4.22. The summed E-state index contributed by atoms with van der Waals surface area (Å²) >= 11 is 6.24. The lowest BCUT2D eigenvalue weighted by atomic mass is 9.93. The number of methoxy groups -OCH3 is 2. The molecule has 0 unspecified atom stereocenters. The zero-order valence-corrected chi connectivity index (χ0v) is 14.9. The van der Waals surface area contributed by atoms with E-state index in [-0.39, 0.29) is 5.91 Å². The molecule has 23 heavy (non-hydrogen) atoms. The Morgan fingerprint density at radius 2 is 2.13 bits per heavy atom. The molecule has 0 radical (unpaired) electrons. The third-order valence-electron chi connectivity index (χ3n) is 4.41. The third kappa shape index (κ3) is 4.30. The number of piperidine rings is 1. The quantitative estimate of drug-likeness (QED) is 0.895. The van der Waals surface area contributed by atoms with Crippen molar-refractivity contribution < 1.29 is 14.3 Å². The lowest BCUT2D eigenvalue weighted by molar-refractivity contribution is -0.130. The van der Waals surface area contributed by atoms with E-state index in [1.54, 1.807) is 21.1 Å². The molecule has 1 aromatic carbocycles. The number of nitrogens with one attached hydrogen (secondary N) is 1. The number of hydrogen-bond donors (Lipinski definition) is 1. The number of amides is 1. The summed E-state index contributed by atoms with van der Waals surface area (Å²) in [5.41, 5.74) is 1.05. The standard InChI is InChI=1S/C17H25ClN2O3/c1-11-10-20(12(2)21)6-5-15(11)19-9-13-7-14(18)17(23-4)16(8-13)22-3/h7-8,11,15,19H,5-6,9-10H2,1-4H3/t11-,15-/m0/s1. The minimum absolute atomic E-state index is 0.155. The SMILES string of the molecule is COc1cc(CN[C@H]2CCN(C(C)=O)C[C@@H]2C)cc(Cl)c1OC. The molecule has 2 rings (SSSR count). The zero-order valence-electron chi connectivity index (χ0n) is 14.2. The summed E-state index contributed by atoms with van der Waals surface area (Å²) in [5.74, 6) is 1.77. The lowest BCUT2D eigenvalue weighted by Gasteiger charge is -2.37. The Kier molecular flexibility index (Phi) is 6.13. The summed E-state index contributed by atoms with van der Waals surface area (Å²) in [6.45, 7) is 6.12. The van der Waals surface area contributed by atoms with Crippen LogP contribution in [0.5, 0.6) is 11.5 Å². The fraction of sp³-hybridized carbons (Fsp3) is 0.588. The van der Waals surface area contributed by atoms with Gasteiger partial charge in [0, 0.05) is 32.6 Å². The van der Waals surface area contributed by atoms with Gasteiger partial charge >= 0.3 is 0 Å². The van der Waals surface area contributed by atoms with Gasteiger partial charge in [0.25, 0.3) is 0 Å². The van der Waals surface area contributed by atoms with Crippen molar-refractivity contribution in [1.29, 1.82) is 0 Å². The van der Waals surface area contributed by atoms with Gasteiger partial charge in [0.2, 0.25) is 5.91 Å². The third-order valence-corrected chi connectivity index (χ3v) is 4.69. The minimum atomic E-state index is 0.155. The molecule has 5 nitrogen and oxygen atoms in total. The number of benzene rings is 1. The summed E-state index contributed by atoms with van der Waals surface area (Å²) < 4.78 is 10.6. The monoisotopic (exact) mass is 340 g/mol. The van der Waals surface area contributed by atoms with Crippen LogP contribution in [0.3, 0.4) is 0 Å². The van der Waals surface area contributed by atoms with E-state index in [0.29, 0.717) is 35.0 Å². The van der Waals surface area contributed by atoms with Gasteiger partial charge in [-0.25, -0.2) is 0 Å². The Morgan fingerprint density at radius 3 is 2.70 bits per heavy atom. The van der Waals surface area contributed by atoms with E-state index in [1.807, 2.05) is 17.0 Å². The normalized spacial score (nSPS) is 21.2. The van der Waals surface area contributed by atoms with Crippen LogP contribution in [0.25, 0.3) is 0 Å². The first-order chi connectivity index (χ1) is 11.0. The van der Waals surface area contributed by atoms with E-state index in [9.17, 15) is 4.79 Å². The molecule has 6 heteroatoms. The molecule has 2 atom stereocenters. The maximum Gasteiger partial charge on any atom is 0.219 e. The average Bonchev–Trinajstić information content (AvgIpc) is 2.52. The number of carbonyl (C=O) groups excluding carboxylic acids is 1. The first-order valence-electron chi connectivity index (χ1n) is 7.85. The van der Waals surface area contributed by atoms with Gasteiger partial charge in [-0.05, 0) is 30.0 Å². The van der Waals surface area contributed by atoms with Crippen molar-refractivity contribution >= 4 is 17.5 Å². The summed E-state index contributed by atoms with van der Waals surface area (Å²) in [6.07, 6.45) is 0.960. The lowest BCUT2D eigenvalue weighted by Crippen LogP contribution is -2.49. The molecule has 128 valence electrons. The molecule has 0 spiro atoms. The maximum atomic E-state index is 11.5.